The van der Waals surface area contributed by atoms with E-state index < -0.39 is 10.0 Å². The van der Waals surface area contributed by atoms with Gasteiger partial charge in [-0.2, -0.15) is 4.31 Å². The van der Waals surface area contributed by atoms with Crippen molar-refractivity contribution in [2.75, 3.05) is 38.5 Å². The number of likely N-dealkylation sites (N-methyl/N-ethyl adjacent to an activating group) is 1. The van der Waals surface area contributed by atoms with E-state index in [9.17, 15) is 22.8 Å². The summed E-state index contributed by atoms with van der Waals surface area (Å²) >= 11 is 0. The van der Waals surface area contributed by atoms with E-state index in [1.165, 1.54) is 15.3 Å². The second-order valence-electron chi connectivity index (χ2n) is 6.91. The summed E-state index contributed by atoms with van der Waals surface area (Å²) < 4.78 is 27.0. The van der Waals surface area contributed by atoms with Crippen molar-refractivity contribution in [2.24, 2.45) is 0 Å². The summed E-state index contributed by atoms with van der Waals surface area (Å²) in [5, 5.41) is 2.69. The number of rotatable bonds is 9. The lowest BCUT2D eigenvalue weighted by Crippen LogP contribution is -2.33. The average Bonchev–Trinajstić information content (AvgIpc) is 2.90. The number of nitrogens with one attached hydrogen (secondary N) is 1. The van der Waals surface area contributed by atoms with Crippen LogP contribution >= 0.6 is 0 Å². The van der Waals surface area contributed by atoms with Crippen molar-refractivity contribution in [2.45, 2.75) is 38.5 Å². The molecule has 1 saturated heterocycles. The Labute approximate surface area is 171 Å². The fourth-order valence-corrected chi connectivity index (χ4v) is 4.88. The highest BCUT2D eigenvalue weighted by atomic mass is 32.2. The van der Waals surface area contributed by atoms with Crippen LogP contribution in [0.4, 0.5) is 10.5 Å². The number of sulfonamides is 1. The molecule has 9 nitrogen and oxygen atoms in total. The highest BCUT2D eigenvalue weighted by Crippen LogP contribution is 2.24. The molecular formula is C19H28N4O5S. The minimum atomic E-state index is -3.64. The second kappa shape index (κ2) is 9.36. The lowest BCUT2D eigenvalue weighted by molar-refractivity contribution is -0.125. The molecule has 160 valence electrons. The molecule has 0 aliphatic carbocycles. The van der Waals surface area contributed by atoms with Crippen LogP contribution in [0.15, 0.2) is 23.1 Å². The van der Waals surface area contributed by atoms with E-state index >= 15 is 0 Å². The zero-order chi connectivity index (χ0) is 21.8. The molecule has 0 atom stereocenters. The van der Waals surface area contributed by atoms with Crippen LogP contribution in [-0.4, -0.2) is 73.6 Å². The van der Waals surface area contributed by atoms with Crippen LogP contribution in [0.1, 0.15) is 32.3 Å². The summed E-state index contributed by atoms with van der Waals surface area (Å²) in [6.07, 6.45) is 0.431. The van der Waals surface area contributed by atoms with Crippen molar-refractivity contribution in [1.29, 1.82) is 0 Å². The van der Waals surface area contributed by atoms with E-state index in [4.69, 9.17) is 0 Å². The number of hydrogen-bond acceptors (Lipinski definition) is 5. The maximum atomic E-state index is 12.8. The molecule has 0 aromatic heterocycles. The molecular weight excluding hydrogens is 396 g/mol. The van der Waals surface area contributed by atoms with E-state index in [0.29, 0.717) is 30.8 Å². The van der Waals surface area contributed by atoms with Crippen molar-refractivity contribution < 1.29 is 22.8 Å². The maximum absolute atomic E-state index is 12.8. The minimum Gasteiger partial charge on any atom is -0.326 e. The predicted molar refractivity (Wildman–Crippen MR) is 109 cm³/mol. The molecule has 1 aromatic rings. The number of anilines is 1. The number of aryl methyl sites for hydroxylation is 1. The highest BCUT2D eigenvalue weighted by molar-refractivity contribution is 7.89. The summed E-state index contributed by atoms with van der Waals surface area (Å²) in [7, 11) is -2.09. The Morgan fingerprint density at radius 1 is 1.21 bits per heavy atom. The summed E-state index contributed by atoms with van der Waals surface area (Å²) in [4.78, 5) is 38.4. The molecule has 1 aliphatic rings. The van der Waals surface area contributed by atoms with Gasteiger partial charge < -0.3 is 10.2 Å². The molecule has 0 bridgehead atoms. The summed E-state index contributed by atoms with van der Waals surface area (Å²) in [5.74, 6) is -0.588. The SMILES string of the molecule is CCN(CC)S(=O)(=O)c1cc(NC(=O)CCCN2C(=O)CN(C)C2=O)ccc1C. The molecule has 1 aliphatic heterocycles. The second-order valence-corrected chi connectivity index (χ2v) is 8.81. The Balaban J connectivity index is 2.01. The van der Waals surface area contributed by atoms with Crippen molar-refractivity contribution >= 4 is 33.6 Å². The fraction of sp³-hybridized carbons (Fsp3) is 0.526. The molecule has 1 N–H and O–H groups in total. The zero-order valence-corrected chi connectivity index (χ0v) is 18.1. The van der Waals surface area contributed by atoms with Gasteiger partial charge >= 0.3 is 6.03 Å². The van der Waals surface area contributed by atoms with Gasteiger partial charge in [0, 0.05) is 38.8 Å². The third kappa shape index (κ3) is 5.13. The third-order valence-electron chi connectivity index (χ3n) is 4.81. The molecule has 1 aromatic carbocycles. The van der Waals surface area contributed by atoms with Crippen LogP contribution < -0.4 is 5.32 Å². The molecule has 1 fully saturated rings. The van der Waals surface area contributed by atoms with E-state index in [1.54, 1.807) is 40.0 Å². The molecule has 2 rings (SSSR count). The Hall–Kier alpha value is -2.46. The monoisotopic (exact) mass is 424 g/mol. The van der Waals surface area contributed by atoms with Gasteiger partial charge in [0.05, 0.1) is 4.90 Å². The summed E-state index contributed by atoms with van der Waals surface area (Å²) in [6.45, 7) is 6.20. The third-order valence-corrected chi connectivity index (χ3v) is 7.00. The molecule has 0 unspecified atom stereocenters. The quantitative estimate of drug-likeness (QED) is 0.607. The van der Waals surface area contributed by atoms with Crippen molar-refractivity contribution in [1.82, 2.24) is 14.1 Å². The topological polar surface area (TPSA) is 107 Å². The molecule has 1 heterocycles. The van der Waals surface area contributed by atoms with Gasteiger partial charge in [-0.05, 0) is 31.0 Å². The first-order valence-corrected chi connectivity index (χ1v) is 11.0. The van der Waals surface area contributed by atoms with Crippen LogP contribution in [0.5, 0.6) is 0 Å². The first-order valence-electron chi connectivity index (χ1n) is 9.57. The molecule has 10 heteroatoms. The van der Waals surface area contributed by atoms with Gasteiger partial charge in [-0.25, -0.2) is 13.2 Å². The van der Waals surface area contributed by atoms with Crippen molar-refractivity contribution in [3.63, 3.8) is 0 Å². The number of amides is 4. The predicted octanol–water partition coefficient (Wildman–Crippen LogP) is 1.64. The average molecular weight is 425 g/mol. The number of nitrogens with zero attached hydrogens (tertiary/aromatic N) is 3. The van der Waals surface area contributed by atoms with Crippen LogP contribution in [0.2, 0.25) is 0 Å². The summed E-state index contributed by atoms with van der Waals surface area (Å²) in [5.41, 5.74) is 0.990. The number of hydrogen-bond donors (Lipinski definition) is 1. The first kappa shape index (κ1) is 22.8. The first-order chi connectivity index (χ1) is 13.6. The van der Waals surface area contributed by atoms with Crippen molar-refractivity contribution in [3.8, 4) is 0 Å². The van der Waals surface area contributed by atoms with Gasteiger partial charge in [0.25, 0.3) is 0 Å². The smallest absolute Gasteiger partial charge is 0.326 e. The largest absolute Gasteiger partial charge is 0.326 e. The van der Waals surface area contributed by atoms with E-state index in [0.717, 1.165) is 4.90 Å². The lowest BCUT2D eigenvalue weighted by Gasteiger charge is -2.20. The Morgan fingerprint density at radius 3 is 2.41 bits per heavy atom. The Kier molecular flexibility index (Phi) is 7.37. The van der Waals surface area contributed by atoms with E-state index in [2.05, 4.69) is 5.32 Å². The number of carbonyl (C=O) groups excluding carboxylic acids is 3. The minimum absolute atomic E-state index is 0.0538. The van der Waals surface area contributed by atoms with Gasteiger partial charge in [-0.1, -0.05) is 19.9 Å². The van der Waals surface area contributed by atoms with Gasteiger partial charge in [0.2, 0.25) is 21.8 Å². The number of imide groups is 1. The Morgan fingerprint density at radius 2 is 1.86 bits per heavy atom. The molecule has 0 radical (unpaired) electrons. The van der Waals surface area contributed by atoms with Crippen LogP contribution in [0.25, 0.3) is 0 Å². The number of benzene rings is 1. The number of carbonyl (C=O) groups is 3. The van der Waals surface area contributed by atoms with Gasteiger partial charge in [0.15, 0.2) is 0 Å². The van der Waals surface area contributed by atoms with E-state index in [-0.39, 0.29) is 42.3 Å². The lowest BCUT2D eigenvalue weighted by atomic mass is 10.2. The number of urea groups is 1. The molecule has 0 saturated carbocycles. The van der Waals surface area contributed by atoms with E-state index in [1.807, 2.05) is 0 Å². The zero-order valence-electron chi connectivity index (χ0n) is 17.3. The van der Waals surface area contributed by atoms with Crippen molar-refractivity contribution in [3.05, 3.63) is 23.8 Å². The van der Waals surface area contributed by atoms with Crippen LogP contribution in [-0.2, 0) is 19.6 Å². The van der Waals surface area contributed by atoms with Gasteiger partial charge in [-0.3, -0.25) is 14.5 Å². The normalized spacial score (nSPS) is 14.8. The highest BCUT2D eigenvalue weighted by Gasteiger charge is 2.32. The summed E-state index contributed by atoms with van der Waals surface area (Å²) in [6, 6.07) is 4.41. The van der Waals surface area contributed by atoms with Gasteiger partial charge in [0.1, 0.15) is 6.54 Å². The molecule has 0 spiro atoms. The standard InChI is InChI=1S/C19H28N4O5S/c1-5-22(6-2)29(27,28)16-12-15(10-9-14(16)3)20-17(24)8-7-11-23-18(25)13-21(4)19(23)26/h9-10,12H,5-8,11,13H2,1-4H3,(H,20,24). The van der Waals surface area contributed by atoms with Crippen LogP contribution in [0.3, 0.4) is 0 Å². The fourth-order valence-electron chi connectivity index (χ4n) is 3.17. The maximum Gasteiger partial charge on any atom is 0.326 e. The Bertz CT molecular complexity index is 896. The van der Waals surface area contributed by atoms with Gasteiger partial charge in [-0.15, -0.1) is 0 Å². The van der Waals surface area contributed by atoms with Crippen LogP contribution in [0, 0.1) is 6.92 Å². The molecule has 4 amide bonds. The molecule has 29 heavy (non-hydrogen) atoms.